The van der Waals surface area contributed by atoms with E-state index in [9.17, 15) is 5.11 Å². The summed E-state index contributed by atoms with van der Waals surface area (Å²) in [4.78, 5) is 0. The molecule has 0 bridgehead atoms. The maximum atomic E-state index is 9.21. The quantitative estimate of drug-likeness (QED) is 0.297. The van der Waals surface area contributed by atoms with Crippen molar-refractivity contribution in [3.05, 3.63) is 84.3 Å². The van der Waals surface area contributed by atoms with Crippen molar-refractivity contribution in [2.45, 2.75) is 34.6 Å². The molecule has 3 aromatic carbocycles. The van der Waals surface area contributed by atoms with Gasteiger partial charge in [-0.3, -0.25) is 0 Å². The normalized spacial score (nSPS) is 9.90. The molecule has 0 fully saturated rings. The Morgan fingerprint density at radius 2 is 1.00 bits per heavy atom. The van der Waals surface area contributed by atoms with Crippen LogP contribution in [0.4, 0.5) is 0 Å². The van der Waals surface area contributed by atoms with Gasteiger partial charge in [0.2, 0.25) is 0 Å². The lowest BCUT2D eigenvalue weighted by Crippen LogP contribution is -1.83. The molecule has 3 rings (SSSR count). The summed E-state index contributed by atoms with van der Waals surface area (Å²) in [7, 11) is 0. The number of phenolic OH excluding ortho intramolecular Hbond substituents is 3. The van der Waals surface area contributed by atoms with Crippen molar-refractivity contribution >= 4 is 46.4 Å². The van der Waals surface area contributed by atoms with E-state index < -0.39 is 0 Å². The molecular formula is C23H24Cl4O3. The molecule has 0 unspecified atom stereocenters. The van der Waals surface area contributed by atoms with Gasteiger partial charge in [0.05, 0.1) is 5.02 Å². The lowest BCUT2D eigenvalue weighted by molar-refractivity contribution is 0.474. The van der Waals surface area contributed by atoms with Crippen molar-refractivity contribution in [2.75, 3.05) is 0 Å². The van der Waals surface area contributed by atoms with E-state index in [4.69, 9.17) is 56.6 Å². The van der Waals surface area contributed by atoms with Crippen molar-refractivity contribution < 1.29 is 15.3 Å². The number of halogens is 4. The van der Waals surface area contributed by atoms with Crippen LogP contribution in [-0.4, -0.2) is 15.3 Å². The molecule has 162 valence electrons. The van der Waals surface area contributed by atoms with Gasteiger partial charge in [-0.2, -0.15) is 0 Å². The Balaban J connectivity index is 0.000000226. The van der Waals surface area contributed by atoms with Crippen LogP contribution in [0.1, 0.15) is 27.8 Å². The van der Waals surface area contributed by atoms with Crippen molar-refractivity contribution in [1.29, 1.82) is 0 Å². The molecule has 3 N–H and O–H groups in total. The van der Waals surface area contributed by atoms with Gasteiger partial charge in [0.25, 0.3) is 0 Å². The van der Waals surface area contributed by atoms with Gasteiger partial charge in [0.15, 0.2) is 0 Å². The zero-order valence-electron chi connectivity index (χ0n) is 17.3. The molecule has 0 amide bonds. The third-order valence-corrected chi connectivity index (χ3v) is 6.22. The summed E-state index contributed by atoms with van der Waals surface area (Å²) in [5.74, 6) is 0.627. The van der Waals surface area contributed by atoms with E-state index >= 15 is 0 Å². The lowest BCUT2D eigenvalue weighted by Gasteiger charge is -2.05. The van der Waals surface area contributed by atoms with Crippen LogP contribution in [0.25, 0.3) is 0 Å². The number of rotatable bonds is 0. The number of hydrogen-bond donors (Lipinski definition) is 3. The second-order valence-corrected chi connectivity index (χ2v) is 8.33. The Bertz CT molecular complexity index is 984. The van der Waals surface area contributed by atoms with Crippen LogP contribution in [0.5, 0.6) is 17.2 Å². The molecule has 0 saturated carbocycles. The van der Waals surface area contributed by atoms with Crippen LogP contribution in [0.15, 0.2) is 36.4 Å². The minimum absolute atomic E-state index is 0.0890. The minimum atomic E-state index is 0.0890. The number of aryl methyl sites for hydroxylation is 4. The lowest BCUT2D eigenvalue weighted by atomic mass is 10.1. The maximum absolute atomic E-state index is 9.21. The van der Waals surface area contributed by atoms with E-state index in [2.05, 4.69) is 0 Å². The molecule has 0 aliphatic carbocycles. The van der Waals surface area contributed by atoms with Crippen molar-refractivity contribution in [3.8, 4) is 17.2 Å². The fourth-order valence-corrected chi connectivity index (χ4v) is 3.04. The van der Waals surface area contributed by atoms with Gasteiger partial charge in [0.1, 0.15) is 17.2 Å². The SMILES string of the molecule is Cc1cc(O)c(Cl)c(C)c1Cl.Cc1cc(O)cc(C)c1Cl.Cc1cc(O)ccc1Cl. The largest absolute Gasteiger partial charge is 0.508 e. The second kappa shape index (κ2) is 11.6. The molecule has 0 radical (unpaired) electrons. The topological polar surface area (TPSA) is 60.7 Å². The fraction of sp³-hybridized carbons (Fsp3) is 0.217. The minimum Gasteiger partial charge on any atom is -0.508 e. The highest BCUT2D eigenvalue weighted by atomic mass is 35.5. The zero-order chi connectivity index (χ0) is 23.2. The van der Waals surface area contributed by atoms with Crippen molar-refractivity contribution in [1.82, 2.24) is 0 Å². The van der Waals surface area contributed by atoms with E-state index in [1.54, 1.807) is 43.3 Å². The summed E-state index contributed by atoms with van der Waals surface area (Å²) < 4.78 is 0. The van der Waals surface area contributed by atoms with E-state index in [0.717, 1.165) is 32.8 Å². The van der Waals surface area contributed by atoms with Gasteiger partial charge in [-0.05, 0) is 98.8 Å². The average molecular weight is 490 g/mol. The Kier molecular flexibility index (Phi) is 10.1. The first kappa shape index (κ1) is 26.3. The van der Waals surface area contributed by atoms with E-state index in [-0.39, 0.29) is 17.2 Å². The van der Waals surface area contributed by atoms with Crippen LogP contribution in [0.3, 0.4) is 0 Å². The molecule has 3 nitrogen and oxygen atoms in total. The molecule has 0 heterocycles. The molecule has 0 saturated heterocycles. The molecule has 0 aromatic heterocycles. The third kappa shape index (κ3) is 7.48. The molecular weight excluding hydrogens is 466 g/mol. The van der Waals surface area contributed by atoms with Crippen LogP contribution >= 0.6 is 46.4 Å². The predicted molar refractivity (Wildman–Crippen MR) is 128 cm³/mol. The summed E-state index contributed by atoms with van der Waals surface area (Å²) in [5, 5.41) is 29.5. The van der Waals surface area contributed by atoms with Crippen LogP contribution in [-0.2, 0) is 0 Å². The van der Waals surface area contributed by atoms with Crippen LogP contribution in [0, 0.1) is 34.6 Å². The number of aromatic hydroxyl groups is 3. The van der Waals surface area contributed by atoms with Gasteiger partial charge in [0, 0.05) is 15.1 Å². The average Bonchev–Trinajstić information content (AvgIpc) is 2.67. The Hall–Kier alpha value is -1.78. The summed E-state index contributed by atoms with van der Waals surface area (Å²) in [5.41, 5.74) is 4.30. The highest BCUT2D eigenvalue weighted by Crippen LogP contribution is 2.34. The smallest absolute Gasteiger partial charge is 0.134 e. The van der Waals surface area contributed by atoms with E-state index in [1.165, 1.54) is 0 Å². The Morgan fingerprint density at radius 3 is 1.47 bits per heavy atom. The molecule has 7 heteroatoms. The number of phenols is 3. The van der Waals surface area contributed by atoms with Gasteiger partial charge in [-0.1, -0.05) is 46.4 Å². The maximum Gasteiger partial charge on any atom is 0.134 e. The van der Waals surface area contributed by atoms with Gasteiger partial charge < -0.3 is 15.3 Å². The first-order valence-electron chi connectivity index (χ1n) is 8.90. The molecule has 30 heavy (non-hydrogen) atoms. The highest BCUT2D eigenvalue weighted by molar-refractivity contribution is 6.37. The molecule has 0 spiro atoms. The summed E-state index contributed by atoms with van der Waals surface area (Å²) in [6.45, 7) is 9.19. The predicted octanol–water partition coefficient (Wildman–Crippen LogP) is 8.33. The van der Waals surface area contributed by atoms with E-state index in [1.807, 2.05) is 27.7 Å². The summed E-state index contributed by atoms with van der Waals surface area (Å²) >= 11 is 23.1. The zero-order valence-corrected chi connectivity index (χ0v) is 20.3. The Labute approximate surface area is 197 Å². The van der Waals surface area contributed by atoms with Gasteiger partial charge >= 0.3 is 0 Å². The molecule has 0 aliphatic rings. The fourth-order valence-electron chi connectivity index (χ4n) is 2.47. The Morgan fingerprint density at radius 1 is 0.533 bits per heavy atom. The first-order chi connectivity index (χ1) is 13.8. The summed E-state index contributed by atoms with van der Waals surface area (Å²) in [6, 6.07) is 9.71. The number of hydrogen-bond acceptors (Lipinski definition) is 3. The molecule has 0 atom stereocenters. The highest BCUT2D eigenvalue weighted by Gasteiger charge is 2.08. The van der Waals surface area contributed by atoms with Gasteiger partial charge in [-0.15, -0.1) is 0 Å². The van der Waals surface area contributed by atoms with Crippen LogP contribution < -0.4 is 0 Å². The number of benzene rings is 3. The summed E-state index contributed by atoms with van der Waals surface area (Å²) in [6.07, 6.45) is 0. The third-order valence-electron chi connectivity index (χ3n) is 4.15. The molecule has 0 aliphatic heterocycles. The van der Waals surface area contributed by atoms with Gasteiger partial charge in [-0.25, -0.2) is 0 Å². The second-order valence-electron chi connectivity index (χ2n) is 6.79. The monoisotopic (exact) mass is 488 g/mol. The van der Waals surface area contributed by atoms with Crippen LogP contribution in [0.2, 0.25) is 20.1 Å². The van der Waals surface area contributed by atoms with E-state index in [0.29, 0.717) is 15.1 Å². The first-order valence-corrected chi connectivity index (χ1v) is 10.4. The van der Waals surface area contributed by atoms with Crippen molar-refractivity contribution in [3.63, 3.8) is 0 Å². The van der Waals surface area contributed by atoms with Crippen molar-refractivity contribution in [2.24, 2.45) is 0 Å². The standard InChI is InChI=1S/C8H8Cl2O.C8H9ClO.C7H7ClO/c1-4-3-6(11)8(10)5(2)7(4)9;1-5-3-7(10)4-6(2)8(5)9;1-5-4-6(9)2-3-7(5)8/h3,11H,1-2H3;3-4,10H,1-2H3;2-4,9H,1H3. The molecule has 3 aromatic rings.